The fourth-order valence-electron chi connectivity index (χ4n) is 3.01. The van der Waals surface area contributed by atoms with Gasteiger partial charge in [0.15, 0.2) is 11.7 Å². The van der Waals surface area contributed by atoms with Gasteiger partial charge in [0, 0.05) is 31.9 Å². The smallest absolute Gasteiger partial charge is 0.410 e. The van der Waals surface area contributed by atoms with Crippen molar-refractivity contribution in [1.29, 1.82) is 0 Å². The maximum Gasteiger partial charge on any atom is 0.410 e. The fraction of sp³-hybridized carbons (Fsp3) is 0.409. The number of hydrogen-bond acceptors (Lipinski definition) is 5. The highest BCUT2D eigenvalue weighted by molar-refractivity contribution is 6.02. The molecular weight excluding hydrogens is 398 g/mol. The lowest BCUT2D eigenvalue weighted by molar-refractivity contribution is 0.0186. The minimum Gasteiger partial charge on any atom is -0.459 e. The van der Waals surface area contributed by atoms with Crippen molar-refractivity contribution < 1.29 is 18.7 Å². The predicted molar refractivity (Wildman–Crippen MR) is 118 cm³/mol. The Balaban J connectivity index is 1.47. The first-order valence-corrected chi connectivity index (χ1v) is 10.2. The van der Waals surface area contributed by atoms with Crippen LogP contribution in [0.5, 0.6) is 0 Å². The molecular formula is C22H29N5O4. The summed E-state index contributed by atoms with van der Waals surface area (Å²) in [6, 6.07) is 10.7. The average Bonchev–Trinajstić information content (AvgIpc) is 3.27. The summed E-state index contributed by atoms with van der Waals surface area (Å²) in [6.07, 6.45) is 1.15. The highest BCUT2D eigenvalue weighted by atomic mass is 16.6. The number of piperazine rings is 1. The van der Waals surface area contributed by atoms with Gasteiger partial charge in [0.05, 0.1) is 12.8 Å². The molecule has 1 aromatic carbocycles. The number of furan rings is 1. The van der Waals surface area contributed by atoms with Crippen LogP contribution < -0.4 is 11.1 Å². The zero-order valence-electron chi connectivity index (χ0n) is 18.1. The molecule has 3 rings (SSSR count). The maximum absolute atomic E-state index is 12.2. The lowest BCUT2D eigenvalue weighted by Crippen LogP contribution is -2.53. The standard InChI is InChI=1S/C22H29N5O4/c1-22(2,3)31-21(29)27-12-10-26(11-13-27)20(23)24-15-16-6-8-17(9-7-16)25-19(28)18-5-4-14-30-18/h4-9,14H,10-13,15H2,1-3H3,(H2,23,24)(H,25,28). The van der Waals surface area contributed by atoms with Gasteiger partial charge in [-0.25, -0.2) is 9.79 Å². The van der Waals surface area contributed by atoms with Gasteiger partial charge in [-0.05, 0) is 50.6 Å². The molecule has 0 bridgehead atoms. The molecule has 1 aliphatic heterocycles. The number of aliphatic imine (C=N–C) groups is 1. The minimum absolute atomic E-state index is 0.258. The van der Waals surface area contributed by atoms with Crippen LogP contribution in [0, 0.1) is 0 Å². The predicted octanol–water partition coefficient (Wildman–Crippen LogP) is 2.90. The third-order valence-electron chi connectivity index (χ3n) is 4.64. The van der Waals surface area contributed by atoms with Crippen LogP contribution in [0.2, 0.25) is 0 Å². The van der Waals surface area contributed by atoms with Crippen molar-refractivity contribution in [2.24, 2.45) is 10.7 Å². The second-order valence-electron chi connectivity index (χ2n) is 8.26. The lowest BCUT2D eigenvalue weighted by atomic mass is 10.2. The Bertz CT molecular complexity index is 908. The highest BCUT2D eigenvalue weighted by Crippen LogP contribution is 2.14. The quantitative estimate of drug-likeness (QED) is 0.573. The van der Waals surface area contributed by atoms with Gasteiger partial charge in [0.2, 0.25) is 0 Å². The third kappa shape index (κ3) is 6.50. The van der Waals surface area contributed by atoms with E-state index in [1.807, 2.05) is 49.9 Å². The molecule has 0 unspecified atom stereocenters. The summed E-state index contributed by atoms with van der Waals surface area (Å²) in [4.78, 5) is 32.3. The first-order valence-electron chi connectivity index (χ1n) is 10.2. The molecule has 2 amide bonds. The normalized spacial score (nSPS) is 15.0. The number of nitrogens with one attached hydrogen (secondary N) is 1. The van der Waals surface area contributed by atoms with Crippen molar-refractivity contribution >= 4 is 23.6 Å². The van der Waals surface area contributed by atoms with Crippen LogP contribution in [-0.2, 0) is 11.3 Å². The van der Waals surface area contributed by atoms with Gasteiger partial charge >= 0.3 is 6.09 Å². The summed E-state index contributed by atoms with van der Waals surface area (Å²) < 4.78 is 10.5. The number of carbonyl (C=O) groups is 2. The van der Waals surface area contributed by atoms with Gasteiger partial charge in [0.1, 0.15) is 5.60 Å². The average molecular weight is 428 g/mol. The summed E-state index contributed by atoms with van der Waals surface area (Å²) in [5.74, 6) is 0.401. The number of anilines is 1. The second kappa shape index (κ2) is 9.55. The van der Waals surface area contributed by atoms with Crippen LogP contribution in [0.4, 0.5) is 10.5 Å². The molecule has 31 heavy (non-hydrogen) atoms. The van der Waals surface area contributed by atoms with Crippen LogP contribution in [0.25, 0.3) is 0 Å². The number of amides is 2. The molecule has 2 heterocycles. The van der Waals surface area contributed by atoms with Crippen LogP contribution in [-0.4, -0.2) is 59.5 Å². The van der Waals surface area contributed by atoms with Gasteiger partial charge in [-0.15, -0.1) is 0 Å². The second-order valence-corrected chi connectivity index (χ2v) is 8.26. The Morgan fingerprint density at radius 1 is 1.10 bits per heavy atom. The molecule has 0 atom stereocenters. The number of hydrogen-bond donors (Lipinski definition) is 2. The molecule has 0 radical (unpaired) electrons. The Morgan fingerprint density at radius 3 is 2.32 bits per heavy atom. The summed E-state index contributed by atoms with van der Waals surface area (Å²) in [7, 11) is 0. The van der Waals surface area contributed by atoms with E-state index < -0.39 is 5.60 Å². The largest absolute Gasteiger partial charge is 0.459 e. The Labute approximate surface area is 181 Å². The number of nitrogens with zero attached hydrogens (tertiary/aromatic N) is 3. The van der Waals surface area contributed by atoms with E-state index in [9.17, 15) is 9.59 Å². The number of ether oxygens (including phenoxy) is 1. The highest BCUT2D eigenvalue weighted by Gasteiger charge is 2.26. The number of guanidine groups is 1. The Kier molecular flexibility index (Phi) is 6.84. The lowest BCUT2D eigenvalue weighted by Gasteiger charge is -2.36. The van der Waals surface area contributed by atoms with E-state index in [-0.39, 0.29) is 17.8 Å². The molecule has 0 aliphatic carbocycles. The minimum atomic E-state index is -0.508. The fourth-order valence-corrected chi connectivity index (χ4v) is 3.01. The van der Waals surface area contributed by atoms with E-state index in [2.05, 4.69) is 10.3 Å². The summed E-state index contributed by atoms with van der Waals surface area (Å²) >= 11 is 0. The van der Waals surface area contributed by atoms with Gasteiger partial charge in [-0.2, -0.15) is 0 Å². The molecule has 0 saturated carbocycles. The topological polar surface area (TPSA) is 113 Å². The van der Waals surface area contributed by atoms with E-state index in [0.29, 0.717) is 44.4 Å². The number of rotatable bonds is 4. The molecule has 9 heteroatoms. The van der Waals surface area contributed by atoms with Gasteiger partial charge < -0.3 is 30.0 Å². The molecule has 0 spiro atoms. The van der Waals surface area contributed by atoms with E-state index in [0.717, 1.165) is 5.56 Å². The van der Waals surface area contributed by atoms with Crippen LogP contribution in [0.15, 0.2) is 52.1 Å². The molecule has 9 nitrogen and oxygen atoms in total. The molecule has 3 N–H and O–H groups in total. The van der Waals surface area contributed by atoms with Gasteiger partial charge in [0.25, 0.3) is 5.91 Å². The maximum atomic E-state index is 12.2. The van der Waals surface area contributed by atoms with Crippen molar-refractivity contribution in [2.45, 2.75) is 32.9 Å². The SMILES string of the molecule is CC(C)(C)OC(=O)N1CCN(C(N)=NCc2ccc(NC(=O)c3ccco3)cc2)CC1. The number of carbonyl (C=O) groups excluding carboxylic acids is 2. The van der Waals surface area contributed by atoms with Crippen LogP contribution >= 0.6 is 0 Å². The van der Waals surface area contributed by atoms with Crippen molar-refractivity contribution in [3.8, 4) is 0 Å². The molecule has 1 aliphatic rings. The van der Waals surface area contributed by atoms with Gasteiger partial charge in [-0.1, -0.05) is 12.1 Å². The first kappa shape index (κ1) is 22.2. The van der Waals surface area contributed by atoms with E-state index in [1.54, 1.807) is 17.0 Å². The summed E-state index contributed by atoms with van der Waals surface area (Å²) in [5.41, 5.74) is 7.27. The molecule has 1 saturated heterocycles. The first-order chi connectivity index (χ1) is 14.7. The van der Waals surface area contributed by atoms with Crippen LogP contribution in [0.3, 0.4) is 0 Å². The number of benzene rings is 1. The van der Waals surface area contributed by atoms with Crippen molar-refractivity contribution in [3.05, 3.63) is 54.0 Å². The van der Waals surface area contributed by atoms with Crippen molar-refractivity contribution in [2.75, 3.05) is 31.5 Å². The van der Waals surface area contributed by atoms with Crippen molar-refractivity contribution in [1.82, 2.24) is 9.80 Å². The third-order valence-corrected chi connectivity index (χ3v) is 4.64. The summed E-state index contributed by atoms with van der Waals surface area (Å²) in [5, 5.41) is 2.77. The van der Waals surface area contributed by atoms with E-state index >= 15 is 0 Å². The monoisotopic (exact) mass is 427 g/mol. The van der Waals surface area contributed by atoms with E-state index in [1.165, 1.54) is 6.26 Å². The Morgan fingerprint density at radius 2 is 1.74 bits per heavy atom. The molecule has 2 aromatic rings. The molecule has 1 fully saturated rings. The zero-order valence-corrected chi connectivity index (χ0v) is 18.1. The number of nitrogens with two attached hydrogens (primary N) is 1. The van der Waals surface area contributed by atoms with Crippen LogP contribution in [0.1, 0.15) is 36.9 Å². The van der Waals surface area contributed by atoms with Gasteiger partial charge in [-0.3, -0.25) is 4.79 Å². The van der Waals surface area contributed by atoms with E-state index in [4.69, 9.17) is 14.9 Å². The summed E-state index contributed by atoms with van der Waals surface area (Å²) in [6.45, 7) is 8.26. The Hall–Kier alpha value is -3.49. The molecule has 166 valence electrons. The zero-order chi connectivity index (χ0) is 22.4. The van der Waals surface area contributed by atoms with Crippen molar-refractivity contribution in [3.63, 3.8) is 0 Å². The molecule has 1 aromatic heterocycles.